The Morgan fingerprint density at radius 2 is 2.00 bits per heavy atom. The van der Waals surface area contributed by atoms with E-state index in [9.17, 15) is 22.0 Å². The molecule has 1 fully saturated rings. The van der Waals surface area contributed by atoms with E-state index in [1.165, 1.54) is 18.7 Å². The summed E-state index contributed by atoms with van der Waals surface area (Å²) in [6.07, 6.45) is 0.153. The molecule has 0 spiro atoms. The number of nitrogens with zero attached hydrogens (tertiary/aromatic N) is 1. The third-order valence-corrected chi connectivity index (χ3v) is 6.21. The summed E-state index contributed by atoms with van der Waals surface area (Å²) < 4.78 is 53.4. The lowest BCUT2D eigenvalue weighted by atomic mass is 10.2. The molecule has 1 aliphatic heterocycles. The third kappa shape index (κ3) is 3.67. The second-order valence-corrected chi connectivity index (χ2v) is 7.98. The summed E-state index contributed by atoms with van der Waals surface area (Å²) in [4.78, 5) is 12.0. The van der Waals surface area contributed by atoms with E-state index >= 15 is 0 Å². The van der Waals surface area contributed by atoms with E-state index in [1.54, 1.807) is 6.26 Å². The number of hydrogen-bond acceptors (Lipinski definition) is 4. The van der Waals surface area contributed by atoms with Gasteiger partial charge in [0, 0.05) is 6.42 Å². The molecule has 23 heavy (non-hydrogen) atoms. The summed E-state index contributed by atoms with van der Waals surface area (Å²) in [5.41, 5.74) is 0. The number of carbonyl (C=O) groups excluding carboxylic acids is 1. The predicted molar refractivity (Wildman–Crippen MR) is 84.7 cm³/mol. The van der Waals surface area contributed by atoms with Crippen molar-refractivity contribution in [2.45, 2.75) is 36.5 Å². The molecule has 0 bridgehead atoms. The minimum atomic E-state index is -4.10. The summed E-state index contributed by atoms with van der Waals surface area (Å²) in [6, 6.07) is 2.18. The van der Waals surface area contributed by atoms with Crippen LogP contribution in [0.15, 0.2) is 29.2 Å². The van der Waals surface area contributed by atoms with Crippen LogP contribution in [0.1, 0.15) is 13.3 Å². The average Bonchev–Trinajstić information content (AvgIpc) is 2.81. The normalized spacial score (nSPS) is 25.5. The monoisotopic (exact) mass is 364 g/mol. The van der Waals surface area contributed by atoms with Crippen LogP contribution in [0.3, 0.4) is 0 Å². The number of benzene rings is 1. The van der Waals surface area contributed by atoms with Crippen molar-refractivity contribution in [3.8, 4) is 0 Å². The maximum Gasteiger partial charge on any atom is 0.244 e. The molecule has 0 radical (unpaired) electrons. The number of thioether (sulfide) groups is 1. The highest BCUT2D eigenvalue weighted by Gasteiger charge is 2.49. The van der Waals surface area contributed by atoms with E-state index in [0.717, 1.165) is 28.6 Å². The van der Waals surface area contributed by atoms with E-state index in [1.807, 2.05) is 0 Å². The van der Waals surface area contributed by atoms with Crippen molar-refractivity contribution in [3.05, 3.63) is 30.1 Å². The summed E-state index contributed by atoms with van der Waals surface area (Å²) in [7, 11) is -4.10. The molecule has 2 rings (SSSR count). The summed E-state index contributed by atoms with van der Waals surface area (Å²) >= 11 is 1.36. The maximum absolute atomic E-state index is 14.1. The van der Waals surface area contributed by atoms with Gasteiger partial charge in [-0.05, 0) is 37.4 Å². The van der Waals surface area contributed by atoms with Gasteiger partial charge in [0.1, 0.15) is 18.0 Å². The van der Waals surface area contributed by atoms with E-state index in [-0.39, 0.29) is 11.3 Å². The second kappa shape index (κ2) is 7.14. The van der Waals surface area contributed by atoms with Crippen molar-refractivity contribution in [2.75, 3.05) is 12.1 Å². The van der Waals surface area contributed by atoms with Crippen molar-refractivity contribution in [1.82, 2.24) is 9.62 Å². The first-order valence-electron chi connectivity index (χ1n) is 6.99. The first-order valence-corrected chi connectivity index (χ1v) is 9.82. The Hall–Kier alpha value is -1.19. The molecule has 1 aromatic carbocycles. The number of amides is 1. The van der Waals surface area contributed by atoms with Crippen LogP contribution < -0.4 is 5.32 Å². The highest BCUT2D eigenvalue weighted by atomic mass is 32.2. The Bertz CT molecular complexity index is 667. The van der Waals surface area contributed by atoms with Crippen LogP contribution in [0, 0.1) is 5.82 Å². The topological polar surface area (TPSA) is 66.5 Å². The maximum atomic E-state index is 14.1. The van der Waals surface area contributed by atoms with Gasteiger partial charge in [0.15, 0.2) is 0 Å². The first-order chi connectivity index (χ1) is 10.8. The van der Waals surface area contributed by atoms with Gasteiger partial charge in [-0.3, -0.25) is 4.79 Å². The molecule has 1 aromatic rings. The molecule has 128 valence electrons. The molecule has 0 saturated carbocycles. The lowest BCUT2D eigenvalue weighted by Crippen LogP contribution is -2.48. The fraction of sp³-hybridized carbons (Fsp3) is 0.500. The Morgan fingerprint density at radius 1 is 1.39 bits per heavy atom. The quantitative estimate of drug-likeness (QED) is 0.809. The molecular formula is C14H18F2N2O3S2. The lowest BCUT2D eigenvalue weighted by molar-refractivity contribution is -0.124. The molecule has 9 heteroatoms. The molecule has 5 nitrogen and oxygen atoms in total. The van der Waals surface area contributed by atoms with Gasteiger partial charge in [-0.25, -0.2) is 17.2 Å². The number of rotatable bonds is 5. The molecule has 1 saturated heterocycles. The van der Waals surface area contributed by atoms with Crippen molar-refractivity contribution in [1.29, 1.82) is 0 Å². The molecule has 0 unspecified atom stereocenters. The minimum absolute atomic E-state index is 0.164. The zero-order valence-corrected chi connectivity index (χ0v) is 14.3. The van der Waals surface area contributed by atoms with Gasteiger partial charge in [-0.2, -0.15) is 4.31 Å². The Labute approximate surface area is 138 Å². The van der Waals surface area contributed by atoms with Gasteiger partial charge in [0.2, 0.25) is 15.9 Å². The number of nitrogens with one attached hydrogen (secondary N) is 1. The average molecular weight is 364 g/mol. The molecule has 0 aliphatic carbocycles. The SMILES string of the molecule is CSCNC(=O)[C@@H]1C[C@@H](F)[C@H](C)N1S(=O)(=O)c1ccc(F)cc1. The van der Waals surface area contributed by atoms with Crippen molar-refractivity contribution < 1.29 is 22.0 Å². The van der Waals surface area contributed by atoms with Crippen molar-refractivity contribution in [2.24, 2.45) is 0 Å². The van der Waals surface area contributed by atoms with Gasteiger partial charge in [0.05, 0.1) is 16.8 Å². The Balaban J connectivity index is 2.35. The van der Waals surface area contributed by atoms with Crippen LogP contribution in [0.2, 0.25) is 0 Å². The lowest BCUT2D eigenvalue weighted by Gasteiger charge is -2.26. The van der Waals surface area contributed by atoms with Gasteiger partial charge in [-0.1, -0.05) is 0 Å². The van der Waals surface area contributed by atoms with Gasteiger partial charge in [0.25, 0.3) is 0 Å². The van der Waals surface area contributed by atoms with Gasteiger partial charge < -0.3 is 5.32 Å². The number of carbonyl (C=O) groups is 1. The zero-order valence-electron chi connectivity index (χ0n) is 12.7. The van der Waals surface area contributed by atoms with Crippen LogP contribution in [0.5, 0.6) is 0 Å². The number of halogens is 2. The number of alkyl halides is 1. The fourth-order valence-corrected chi connectivity index (χ4v) is 4.65. The molecule has 1 N–H and O–H groups in total. The smallest absolute Gasteiger partial charge is 0.244 e. The Morgan fingerprint density at radius 3 is 2.57 bits per heavy atom. The molecule has 1 heterocycles. The van der Waals surface area contributed by atoms with Gasteiger partial charge >= 0.3 is 0 Å². The van der Waals surface area contributed by atoms with Crippen LogP contribution in [0.4, 0.5) is 8.78 Å². The third-order valence-electron chi connectivity index (χ3n) is 3.76. The highest BCUT2D eigenvalue weighted by Crippen LogP contribution is 2.33. The standard InChI is InChI=1S/C14H18F2N2O3S2/c1-9-12(16)7-13(14(19)17-8-22-2)18(9)23(20,21)11-5-3-10(15)4-6-11/h3-6,9,12-13H,7-8H2,1-2H3,(H,17,19)/t9-,12+,13-/m0/s1. The first kappa shape index (κ1) is 18.2. The largest absolute Gasteiger partial charge is 0.346 e. The molecule has 0 aromatic heterocycles. The van der Waals surface area contributed by atoms with E-state index in [0.29, 0.717) is 5.88 Å². The zero-order chi connectivity index (χ0) is 17.2. The predicted octanol–water partition coefficient (Wildman–Crippen LogP) is 1.75. The van der Waals surface area contributed by atoms with Gasteiger partial charge in [-0.15, -0.1) is 11.8 Å². The van der Waals surface area contributed by atoms with Crippen LogP contribution in [0.25, 0.3) is 0 Å². The number of sulfonamides is 1. The minimum Gasteiger partial charge on any atom is -0.346 e. The summed E-state index contributed by atoms with van der Waals surface area (Å²) in [5.74, 6) is -0.793. The van der Waals surface area contributed by atoms with E-state index in [4.69, 9.17) is 0 Å². The molecule has 1 aliphatic rings. The summed E-state index contributed by atoms with van der Waals surface area (Å²) in [6.45, 7) is 1.42. The van der Waals surface area contributed by atoms with Crippen LogP contribution in [-0.2, 0) is 14.8 Å². The van der Waals surface area contributed by atoms with Crippen LogP contribution >= 0.6 is 11.8 Å². The van der Waals surface area contributed by atoms with Crippen LogP contribution in [-0.4, -0.2) is 49.0 Å². The Kier molecular flexibility index (Phi) is 5.64. The van der Waals surface area contributed by atoms with Crippen molar-refractivity contribution in [3.63, 3.8) is 0 Å². The molecule has 1 amide bonds. The van der Waals surface area contributed by atoms with E-state index < -0.39 is 40.0 Å². The second-order valence-electron chi connectivity index (χ2n) is 5.27. The molecule has 3 atom stereocenters. The number of hydrogen-bond donors (Lipinski definition) is 1. The highest BCUT2D eigenvalue weighted by molar-refractivity contribution is 7.98. The molecular weight excluding hydrogens is 346 g/mol. The fourth-order valence-electron chi connectivity index (χ4n) is 2.56. The summed E-state index contributed by atoms with van der Waals surface area (Å²) in [5, 5.41) is 2.57. The van der Waals surface area contributed by atoms with E-state index in [2.05, 4.69) is 5.32 Å². The van der Waals surface area contributed by atoms with Crippen molar-refractivity contribution >= 4 is 27.7 Å².